The van der Waals surface area contributed by atoms with Crippen molar-refractivity contribution in [3.63, 3.8) is 0 Å². The number of carbonyl (C=O) groups excluding carboxylic acids is 1. The summed E-state index contributed by atoms with van der Waals surface area (Å²) < 4.78 is 5.32. The van der Waals surface area contributed by atoms with Crippen molar-refractivity contribution in [1.82, 2.24) is 5.32 Å². The summed E-state index contributed by atoms with van der Waals surface area (Å²) in [5, 5.41) is 24.2. The van der Waals surface area contributed by atoms with Gasteiger partial charge in [0.2, 0.25) is 0 Å². The number of aliphatic hydroxyl groups is 2. The van der Waals surface area contributed by atoms with Crippen LogP contribution in [-0.4, -0.2) is 46.2 Å². The van der Waals surface area contributed by atoms with Crippen molar-refractivity contribution in [2.45, 2.75) is 63.5 Å². The topological polar surface area (TPSA) is 105 Å². The number of alkyl carbamates (subject to hydrolysis) is 1. The van der Waals surface area contributed by atoms with Gasteiger partial charge >= 0.3 is 6.09 Å². The van der Waals surface area contributed by atoms with Crippen LogP contribution in [-0.2, 0) is 17.6 Å². The number of nitrogens with two attached hydrogens (primary N) is 1. The third kappa shape index (κ3) is 7.85. The summed E-state index contributed by atoms with van der Waals surface area (Å²) in [6.07, 6.45) is -2.40. The Morgan fingerprint density at radius 1 is 0.931 bits per heavy atom. The van der Waals surface area contributed by atoms with Gasteiger partial charge in [0.05, 0.1) is 12.1 Å². The lowest BCUT2D eigenvalue weighted by Crippen LogP contribution is -2.55. The van der Waals surface area contributed by atoms with E-state index in [1.807, 2.05) is 60.7 Å². The van der Waals surface area contributed by atoms with E-state index in [2.05, 4.69) is 5.32 Å². The Labute approximate surface area is 172 Å². The van der Waals surface area contributed by atoms with Crippen LogP contribution in [0.4, 0.5) is 4.79 Å². The highest BCUT2D eigenvalue weighted by molar-refractivity contribution is 5.68. The van der Waals surface area contributed by atoms with Crippen LogP contribution in [0.15, 0.2) is 60.7 Å². The molecule has 0 unspecified atom stereocenters. The van der Waals surface area contributed by atoms with E-state index in [0.717, 1.165) is 11.1 Å². The van der Waals surface area contributed by atoms with Crippen molar-refractivity contribution >= 4 is 6.09 Å². The Kier molecular flexibility index (Phi) is 8.20. The van der Waals surface area contributed by atoms with E-state index in [1.165, 1.54) is 0 Å². The van der Waals surface area contributed by atoms with Gasteiger partial charge in [0.25, 0.3) is 0 Å². The molecule has 0 aliphatic rings. The lowest BCUT2D eigenvalue weighted by atomic mass is 9.92. The second-order valence-electron chi connectivity index (χ2n) is 8.28. The number of rotatable bonds is 8. The second kappa shape index (κ2) is 10.4. The molecule has 0 aromatic heterocycles. The van der Waals surface area contributed by atoms with Gasteiger partial charge in [0, 0.05) is 6.04 Å². The van der Waals surface area contributed by atoms with Crippen LogP contribution in [0.1, 0.15) is 31.9 Å². The standard InChI is InChI=1S/C23H32N2O4/c1-23(2,3)29-22(28)25-19(15-17-12-8-5-9-13-17)21(27)20(26)18(24)14-16-10-6-4-7-11-16/h4-13,18-21,26-27H,14-15,24H2,1-3H3,(H,25,28)/t18-,19-,20+,21+/m0/s1. The molecule has 0 radical (unpaired) electrons. The Morgan fingerprint density at radius 2 is 1.41 bits per heavy atom. The molecule has 158 valence electrons. The molecule has 2 rings (SSSR count). The lowest BCUT2D eigenvalue weighted by Gasteiger charge is -2.31. The van der Waals surface area contributed by atoms with Gasteiger partial charge in [-0.15, -0.1) is 0 Å². The van der Waals surface area contributed by atoms with Gasteiger partial charge < -0.3 is 26.0 Å². The zero-order valence-corrected chi connectivity index (χ0v) is 17.3. The number of hydrogen-bond donors (Lipinski definition) is 4. The molecule has 4 atom stereocenters. The number of ether oxygens (including phenoxy) is 1. The quantitative estimate of drug-likeness (QED) is 0.545. The van der Waals surface area contributed by atoms with Crippen LogP contribution < -0.4 is 11.1 Å². The van der Waals surface area contributed by atoms with E-state index in [0.29, 0.717) is 12.8 Å². The molecule has 0 heterocycles. The second-order valence-corrected chi connectivity index (χ2v) is 8.28. The molecule has 0 aliphatic heterocycles. The van der Waals surface area contributed by atoms with Crippen LogP contribution in [0.2, 0.25) is 0 Å². The van der Waals surface area contributed by atoms with Gasteiger partial charge in [-0.25, -0.2) is 4.79 Å². The zero-order valence-electron chi connectivity index (χ0n) is 17.3. The first-order valence-corrected chi connectivity index (χ1v) is 9.85. The highest BCUT2D eigenvalue weighted by Crippen LogP contribution is 2.15. The van der Waals surface area contributed by atoms with Gasteiger partial charge in [-0.05, 0) is 44.7 Å². The lowest BCUT2D eigenvalue weighted by molar-refractivity contribution is -0.0205. The molecule has 6 nitrogen and oxygen atoms in total. The smallest absolute Gasteiger partial charge is 0.407 e. The van der Waals surface area contributed by atoms with Crippen LogP contribution in [0.5, 0.6) is 0 Å². The largest absolute Gasteiger partial charge is 0.444 e. The van der Waals surface area contributed by atoms with Crippen LogP contribution in [0.3, 0.4) is 0 Å². The number of hydrogen-bond acceptors (Lipinski definition) is 5. The molecule has 0 saturated carbocycles. The maximum absolute atomic E-state index is 12.3. The molecule has 5 N–H and O–H groups in total. The summed E-state index contributed by atoms with van der Waals surface area (Å²) >= 11 is 0. The first kappa shape index (κ1) is 22.9. The maximum atomic E-state index is 12.3. The van der Waals surface area contributed by atoms with Gasteiger partial charge in [-0.2, -0.15) is 0 Å². The molecule has 0 saturated heterocycles. The van der Waals surface area contributed by atoms with Crippen molar-refractivity contribution < 1.29 is 19.7 Å². The van der Waals surface area contributed by atoms with E-state index in [-0.39, 0.29) is 0 Å². The fourth-order valence-corrected chi connectivity index (χ4v) is 3.08. The number of benzene rings is 2. The highest BCUT2D eigenvalue weighted by atomic mass is 16.6. The number of carbonyl (C=O) groups is 1. The van der Waals surface area contributed by atoms with Crippen LogP contribution in [0.25, 0.3) is 0 Å². The first-order valence-electron chi connectivity index (χ1n) is 9.85. The van der Waals surface area contributed by atoms with Gasteiger partial charge in [0.15, 0.2) is 0 Å². The fraction of sp³-hybridized carbons (Fsp3) is 0.435. The summed E-state index contributed by atoms with van der Waals surface area (Å²) in [6, 6.07) is 17.5. The normalized spacial score (nSPS) is 15.8. The van der Waals surface area contributed by atoms with Crippen LogP contribution in [0, 0.1) is 0 Å². The molecule has 6 heteroatoms. The maximum Gasteiger partial charge on any atom is 0.407 e. The van der Waals surface area contributed by atoms with Crippen molar-refractivity contribution in [2.75, 3.05) is 0 Å². The Balaban J connectivity index is 2.11. The molecule has 2 aromatic carbocycles. The van der Waals surface area contributed by atoms with Crippen LogP contribution >= 0.6 is 0 Å². The molecule has 2 aromatic rings. The summed E-state index contributed by atoms with van der Waals surface area (Å²) in [6.45, 7) is 5.29. The molecule has 0 fully saturated rings. The van der Waals surface area contributed by atoms with Gasteiger partial charge in [-0.3, -0.25) is 0 Å². The zero-order chi connectivity index (χ0) is 21.4. The van der Waals surface area contributed by atoms with Crippen molar-refractivity contribution in [1.29, 1.82) is 0 Å². The summed E-state index contributed by atoms with van der Waals surface area (Å²) in [7, 11) is 0. The fourth-order valence-electron chi connectivity index (χ4n) is 3.08. The number of amides is 1. The number of nitrogens with one attached hydrogen (secondary N) is 1. The minimum absolute atomic E-state index is 0.330. The molecular formula is C23H32N2O4. The van der Waals surface area contributed by atoms with E-state index >= 15 is 0 Å². The predicted octanol–water partition coefficient (Wildman–Crippen LogP) is 2.41. The van der Waals surface area contributed by atoms with Gasteiger partial charge in [0.1, 0.15) is 11.7 Å². The highest BCUT2D eigenvalue weighted by Gasteiger charge is 2.32. The molecular weight excluding hydrogens is 368 g/mol. The summed E-state index contributed by atoms with van der Waals surface area (Å²) in [4.78, 5) is 12.3. The summed E-state index contributed by atoms with van der Waals surface area (Å²) in [5.41, 5.74) is 7.37. The molecule has 0 bridgehead atoms. The van der Waals surface area contributed by atoms with E-state index in [1.54, 1.807) is 20.8 Å². The third-order valence-electron chi connectivity index (χ3n) is 4.52. The predicted molar refractivity (Wildman–Crippen MR) is 113 cm³/mol. The van der Waals surface area contributed by atoms with E-state index < -0.39 is 36.0 Å². The average Bonchev–Trinajstić information content (AvgIpc) is 2.66. The van der Waals surface area contributed by atoms with Crippen molar-refractivity contribution in [3.05, 3.63) is 71.8 Å². The van der Waals surface area contributed by atoms with Crippen molar-refractivity contribution in [3.8, 4) is 0 Å². The Morgan fingerprint density at radius 3 is 1.90 bits per heavy atom. The van der Waals surface area contributed by atoms with E-state index in [9.17, 15) is 15.0 Å². The monoisotopic (exact) mass is 400 g/mol. The first-order chi connectivity index (χ1) is 13.7. The Bertz CT molecular complexity index is 746. The molecule has 0 spiro atoms. The van der Waals surface area contributed by atoms with Gasteiger partial charge in [-0.1, -0.05) is 60.7 Å². The van der Waals surface area contributed by atoms with Crippen molar-refractivity contribution in [2.24, 2.45) is 5.73 Å². The third-order valence-corrected chi connectivity index (χ3v) is 4.52. The molecule has 1 amide bonds. The summed E-state index contributed by atoms with van der Waals surface area (Å²) in [5.74, 6) is 0. The molecule has 29 heavy (non-hydrogen) atoms. The Hall–Kier alpha value is -2.41. The van der Waals surface area contributed by atoms with E-state index in [4.69, 9.17) is 10.5 Å². The minimum atomic E-state index is -1.26. The SMILES string of the molecule is CC(C)(C)OC(=O)N[C@@H](Cc1ccccc1)[C@@H](O)[C@H](O)[C@@H](N)Cc1ccccc1. The minimum Gasteiger partial charge on any atom is -0.444 e. The molecule has 0 aliphatic carbocycles. The average molecular weight is 401 g/mol. The number of aliphatic hydroxyl groups excluding tert-OH is 2.